The maximum Gasteiger partial charge on any atom is 0.264 e. The normalized spacial score (nSPS) is 10.7. The second kappa shape index (κ2) is 5.04. The Morgan fingerprint density at radius 2 is 1.83 bits per heavy atom. The molecule has 1 aromatic heterocycles. The predicted molar refractivity (Wildman–Crippen MR) is 63.8 cm³/mol. The molecule has 0 unspecified atom stereocenters. The number of pyridine rings is 1. The van der Waals surface area contributed by atoms with Crippen LogP contribution in [0.5, 0.6) is 0 Å². The third-order valence-corrected chi connectivity index (χ3v) is 2.80. The number of hydrogen-bond acceptors (Lipinski definition) is 2. The second-order valence-corrected chi connectivity index (χ2v) is 3.89. The Hall–Kier alpha value is -2.10. The molecule has 0 fully saturated rings. The van der Waals surface area contributed by atoms with E-state index < -0.39 is 6.43 Å². The molecule has 0 radical (unpaired) electrons. The van der Waals surface area contributed by atoms with E-state index in [-0.39, 0.29) is 11.3 Å². The summed E-state index contributed by atoms with van der Waals surface area (Å²) in [6.45, 7) is 1.54. The highest BCUT2D eigenvalue weighted by Crippen LogP contribution is 2.25. The number of alkyl halides is 2. The molecule has 0 aliphatic heterocycles. The number of benzene rings is 1. The number of nitrogens with zero attached hydrogens (tertiary/aromatic N) is 1. The second-order valence-electron chi connectivity index (χ2n) is 3.89. The molecule has 0 aliphatic carbocycles. The first-order chi connectivity index (χ1) is 8.61. The molecule has 0 amide bonds. The van der Waals surface area contributed by atoms with E-state index in [0.29, 0.717) is 16.7 Å². The number of halogens is 2. The third kappa shape index (κ3) is 2.27. The Kier molecular flexibility index (Phi) is 3.46. The van der Waals surface area contributed by atoms with Crippen LogP contribution in [-0.2, 0) is 0 Å². The van der Waals surface area contributed by atoms with E-state index >= 15 is 0 Å². The first-order valence-electron chi connectivity index (χ1n) is 5.43. The highest BCUT2D eigenvalue weighted by Gasteiger charge is 2.17. The average Bonchev–Trinajstić information content (AvgIpc) is 2.39. The molecule has 2 rings (SSSR count). The van der Waals surface area contributed by atoms with Crippen LogP contribution in [0.4, 0.5) is 8.78 Å². The summed E-state index contributed by atoms with van der Waals surface area (Å²) in [4.78, 5) is 16.0. The summed E-state index contributed by atoms with van der Waals surface area (Å²) in [5.41, 5.74) is 0.975. The van der Waals surface area contributed by atoms with Crippen molar-refractivity contribution in [2.24, 2.45) is 0 Å². The Balaban J connectivity index is 2.47. The molecule has 1 aromatic carbocycles. The van der Waals surface area contributed by atoms with Gasteiger partial charge in [0.2, 0.25) is 0 Å². The predicted octanol–water partition coefficient (Wildman–Crippen LogP) is 3.56. The van der Waals surface area contributed by atoms with Crippen LogP contribution >= 0.6 is 0 Å². The van der Waals surface area contributed by atoms with E-state index in [9.17, 15) is 13.6 Å². The Bertz CT molecular complexity index is 567. The smallest absolute Gasteiger partial charge is 0.264 e. The zero-order chi connectivity index (χ0) is 13.1. The topological polar surface area (TPSA) is 30.0 Å². The van der Waals surface area contributed by atoms with Crippen molar-refractivity contribution >= 4 is 5.78 Å². The van der Waals surface area contributed by atoms with Crippen LogP contribution in [0.2, 0.25) is 0 Å². The lowest BCUT2D eigenvalue weighted by Gasteiger charge is -2.09. The van der Waals surface area contributed by atoms with E-state index in [0.717, 1.165) is 0 Å². The van der Waals surface area contributed by atoms with E-state index in [1.54, 1.807) is 18.2 Å². The minimum absolute atomic E-state index is 0.102. The molecule has 2 aromatic rings. The maximum atomic E-state index is 12.8. The fourth-order valence-electron chi connectivity index (χ4n) is 1.79. The summed E-state index contributed by atoms with van der Waals surface area (Å²) in [5, 5.41) is 0. The molecular weight excluding hydrogens is 236 g/mol. The lowest BCUT2D eigenvalue weighted by atomic mass is 9.96. The molecule has 18 heavy (non-hydrogen) atoms. The van der Waals surface area contributed by atoms with Gasteiger partial charge in [-0.15, -0.1) is 0 Å². The van der Waals surface area contributed by atoms with Gasteiger partial charge in [0.05, 0.1) is 0 Å². The molecule has 0 N–H and O–H groups in total. The lowest BCUT2D eigenvalue weighted by Crippen LogP contribution is -2.06. The van der Waals surface area contributed by atoms with Crippen LogP contribution in [0, 0.1) is 6.92 Å². The summed E-state index contributed by atoms with van der Waals surface area (Å²) in [7, 11) is 0. The number of hydrogen-bond donors (Lipinski definition) is 0. The molecular formula is C14H11F2NO. The molecule has 0 spiro atoms. The average molecular weight is 247 g/mol. The monoisotopic (exact) mass is 247 g/mol. The first-order valence-corrected chi connectivity index (χ1v) is 5.43. The van der Waals surface area contributed by atoms with Crippen LogP contribution in [0.25, 0.3) is 0 Å². The fourth-order valence-corrected chi connectivity index (χ4v) is 1.79. The minimum Gasteiger partial charge on any atom is -0.289 e. The number of carbonyl (C=O) groups excluding carboxylic acids is 1. The van der Waals surface area contributed by atoms with Crippen molar-refractivity contribution in [3.05, 3.63) is 65.0 Å². The van der Waals surface area contributed by atoms with E-state index in [1.165, 1.54) is 31.5 Å². The van der Waals surface area contributed by atoms with Gasteiger partial charge in [0.25, 0.3) is 6.43 Å². The van der Waals surface area contributed by atoms with Crippen molar-refractivity contribution in [1.29, 1.82) is 0 Å². The number of aromatic nitrogens is 1. The Labute approximate surface area is 103 Å². The molecule has 0 atom stereocenters. The van der Waals surface area contributed by atoms with Crippen molar-refractivity contribution in [1.82, 2.24) is 4.98 Å². The fraction of sp³-hybridized carbons (Fsp3) is 0.143. The van der Waals surface area contributed by atoms with Crippen LogP contribution in [-0.4, -0.2) is 10.8 Å². The van der Waals surface area contributed by atoms with Gasteiger partial charge in [-0.2, -0.15) is 0 Å². The highest BCUT2D eigenvalue weighted by molar-refractivity contribution is 6.09. The minimum atomic E-state index is -2.57. The summed E-state index contributed by atoms with van der Waals surface area (Å²) in [6, 6.07) is 7.50. The molecule has 1 heterocycles. The highest BCUT2D eigenvalue weighted by atomic mass is 19.3. The van der Waals surface area contributed by atoms with Gasteiger partial charge >= 0.3 is 0 Å². The van der Waals surface area contributed by atoms with Crippen molar-refractivity contribution in [2.75, 3.05) is 0 Å². The first kappa shape index (κ1) is 12.4. The quantitative estimate of drug-likeness (QED) is 0.776. The lowest BCUT2D eigenvalue weighted by molar-refractivity contribution is 0.103. The van der Waals surface area contributed by atoms with Gasteiger partial charge in [-0.25, -0.2) is 8.78 Å². The third-order valence-electron chi connectivity index (χ3n) is 2.80. The molecule has 2 nitrogen and oxygen atoms in total. The number of carbonyl (C=O) groups is 1. The summed E-state index contributed by atoms with van der Waals surface area (Å²) < 4.78 is 25.5. The van der Waals surface area contributed by atoms with Gasteiger partial charge in [0.1, 0.15) is 0 Å². The number of rotatable bonds is 3. The van der Waals surface area contributed by atoms with Gasteiger partial charge in [0.15, 0.2) is 5.78 Å². The van der Waals surface area contributed by atoms with Crippen LogP contribution in [0.3, 0.4) is 0 Å². The molecule has 4 heteroatoms. The van der Waals surface area contributed by atoms with Gasteiger partial charge in [-0.3, -0.25) is 9.78 Å². The van der Waals surface area contributed by atoms with Gasteiger partial charge in [0, 0.05) is 29.1 Å². The largest absolute Gasteiger partial charge is 0.289 e. The van der Waals surface area contributed by atoms with Crippen LogP contribution in [0.1, 0.15) is 33.5 Å². The van der Waals surface area contributed by atoms with Gasteiger partial charge in [-0.1, -0.05) is 18.2 Å². The van der Waals surface area contributed by atoms with Crippen LogP contribution in [0.15, 0.2) is 42.7 Å². The summed E-state index contributed by atoms with van der Waals surface area (Å²) >= 11 is 0. The van der Waals surface area contributed by atoms with Crippen LogP contribution < -0.4 is 0 Å². The van der Waals surface area contributed by atoms with E-state index in [1.807, 2.05) is 0 Å². The molecule has 92 valence electrons. The van der Waals surface area contributed by atoms with E-state index in [4.69, 9.17) is 0 Å². The van der Waals surface area contributed by atoms with Gasteiger partial charge in [-0.05, 0) is 24.6 Å². The SMILES string of the molecule is Cc1c(C(=O)c2ccncc2)cccc1C(F)F. The van der Waals surface area contributed by atoms with Crippen molar-refractivity contribution < 1.29 is 13.6 Å². The van der Waals surface area contributed by atoms with Crippen molar-refractivity contribution in [3.8, 4) is 0 Å². The summed E-state index contributed by atoms with van der Waals surface area (Å²) in [5.74, 6) is -0.266. The van der Waals surface area contributed by atoms with E-state index in [2.05, 4.69) is 4.98 Å². The van der Waals surface area contributed by atoms with Crippen molar-refractivity contribution in [3.63, 3.8) is 0 Å². The zero-order valence-electron chi connectivity index (χ0n) is 9.73. The Morgan fingerprint density at radius 3 is 2.44 bits per heavy atom. The summed E-state index contributed by atoms with van der Waals surface area (Å²) in [6.07, 6.45) is 0.425. The van der Waals surface area contributed by atoms with Gasteiger partial charge < -0.3 is 0 Å². The van der Waals surface area contributed by atoms with Crippen molar-refractivity contribution in [2.45, 2.75) is 13.3 Å². The number of ketones is 1. The Morgan fingerprint density at radius 1 is 1.17 bits per heavy atom. The molecule has 0 aliphatic rings. The zero-order valence-corrected chi connectivity index (χ0v) is 9.73. The standard InChI is InChI=1S/C14H11F2NO/c1-9-11(3-2-4-12(9)14(15)16)13(18)10-5-7-17-8-6-10/h2-8,14H,1H3. The maximum absolute atomic E-state index is 12.8. The molecule has 0 saturated heterocycles. The molecule has 0 bridgehead atoms. The molecule has 0 saturated carbocycles.